The van der Waals surface area contributed by atoms with E-state index in [9.17, 15) is 0 Å². The number of halogens is 1. The van der Waals surface area contributed by atoms with Crippen molar-refractivity contribution >= 4 is 34.0 Å². The van der Waals surface area contributed by atoms with Crippen LogP contribution in [0.1, 0.15) is 13.3 Å². The maximum absolute atomic E-state index is 6.10. The van der Waals surface area contributed by atoms with Crippen LogP contribution >= 0.6 is 11.6 Å². The Balaban J connectivity index is 1.86. The van der Waals surface area contributed by atoms with Crippen molar-refractivity contribution in [2.45, 2.75) is 13.3 Å². The van der Waals surface area contributed by atoms with Gasteiger partial charge in [-0.15, -0.1) is 0 Å². The SMILES string of the molecule is CC/C=C(\N)N1CCN(c2cc(N)nc3cc(Cl)ccc23)CC1. The van der Waals surface area contributed by atoms with E-state index >= 15 is 0 Å². The molecule has 0 unspecified atom stereocenters. The number of anilines is 2. The highest BCUT2D eigenvalue weighted by atomic mass is 35.5. The summed E-state index contributed by atoms with van der Waals surface area (Å²) >= 11 is 6.07. The quantitative estimate of drug-likeness (QED) is 0.905. The van der Waals surface area contributed by atoms with E-state index in [2.05, 4.69) is 27.8 Å². The standard InChI is InChI=1S/C17H22ClN5/c1-2-3-17(20)23-8-6-22(7-9-23)15-11-16(19)21-14-10-12(18)4-5-13(14)15/h3-5,10-11H,2,6-9,20H2,1H3,(H2,19,21)/b17-3+. The molecule has 5 nitrogen and oxygen atoms in total. The summed E-state index contributed by atoms with van der Waals surface area (Å²) in [6.07, 6.45) is 3.02. The summed E-state index contributed by atoms with van der Waals surface area (Å²) in [7, 11) is 0. The topological polar surface area (TPSA) is 71.4 Å². The monoisotopic (exact) mass is 331 g/mol. The molecule has 0 radical (unpaired) electrons. The van der Waals surface area contributed by atoms with Gasteiger partial charge < -0.3 is 21.3 Å². The van der Waals surface area contributed by atoms with Crippen LogP contribution in [0.5, 0.6) is 0 Å². The van der Waals surface area contributed by atoms with Crippen molar-refractivity contribution in [2.75, 3.05) is 36.8 Å². The molecule has 0 spiro atoms. The summed E-state index contributed by atoms with van der Waals surface area (Å²) in [5.41, 5.74) is 14.0. The number of nitrogen functional groups attached to an aromatic ring is 1. The first-order chi connectivity index (χ1) is 11.1. The Morgan fingerprint density at radius 3 is 2.70 bits per heavy atom. The Morgan fingerprint density at radius 2 is 2.00 bits per heavy atom. The molecule has 1 saturated heterocycles. The van der Waals surface area contributed by atoms with E-state index in [4.69, 9.17) is 23.1 Å². The third-order valence-electron chi connectivity index (χ3n) is 4.17. The van der Waals surface area contributed by atoms with Gasteiger partial charge in [-0.1, -0.05) is 18.5 Å². The summed E-state index contributed by atoms with van der Waals surface area (Å²) in [4.78, 5) is 8.95. The number of rotatable bonds is 3. The highest BCUT2D eigenvalue weighted by Gasteiger charge is 2.20. The molecule has 3 rings (SSSR count). The fourth-order valence-electron chi connectivity index (χ4n) is 3.01. The minimum atomic E-state index is 0.516. The molecule has 2 aromatic rings. The molecule has 23 heavy (non-hydrogen) atoms. The first-order valence-corrected chi connectivity index (χ1v) is 8.27. The average Bonchev–Trinajstić information content (AvgIpc) is 2.54. The Hall–Kier alpha value is -2.14. The minimum Gasteiger partial charge on any atom is -0.386 e. The number of pyridine rings is 1. The maximum Gasteiger partial charge on any atom is 0.126 e. The van der Waals surface area contributed by atoms with Crippen LogP contribution in [0.25, 0.3) is 10.9 Å². The molecule has 1 aromatic carbocycles. The number of allylic oxidation sites excluding steroid dienone is 1. The molecule has 1 fully saturated rings. The van der Waals surface area contributed by atoms with Gasteiger partial charge in [-0.25, -0.2) is 4.98 Å². The van der Waals surface area contributed by atoms with E-state index in [1.807, 2.05) is 24.3 Å². The zero-order valence-corrected chi connectivity index (χ0v) is 14.1. The van der Waals surface area contributed by atoms with Gasteiger partial charge in [0.1, 0.15) is 5.82 Å². The molecular formula is C17H22ClN5. The van der Waals surface area contributed by atoms with Gasteiger partial charge in [0.05, 0.1) is 11.3 Å². The van der Waals surface area contributed by atoms with Crippen LogP contribution in [-0.2, 0) is 0 Å². The number of benzene rings is 1. The molecule has 0 saturated carbocycles. The molecule has 4 N–H and O–H groups in total. The number of fused-ring (bicyclic) bond motifs is 1. The largest absolute Gasteiger partial charge is 0.386 e. The molecule has 6 heteroatoms. The van der Waals surface area contributed by atoms with Crippen molar-refractivity contribution < 1.29 is 0 Å². The second-order valence-corrected chi connectivity index (χ2v) is 6.18. The highest BCUT2D eigenvalue weighted by Crippen LogP contribution is 2.30. The van der Waals surface area contributed by atoms with Crippen molar-refractivity contribution in [3.8, 4) is 0 Å². The smallest absolute Gasteiger partial charge is 0.126 e. The molecule has 1 aliphatic rings. The molecule has 122 valence electrons. The van der Waals surface area contributed by atoms with E-state index in [0.717, 1.165) is 55.0 Å². The fourth-order valence-corrected chi connectivity index (χ4v) is 3.17. The molecule has 0 amide bonds. The Bertz CT molecular complexity index is 730. The van der Waals surface area contributed by atoms with Gasteiger partial charge in [-0.2, -0.15) is 0 Å². The van der Waals surface area contributed by atoms with Gasteiger partial charge >= 0.3 is 0 Å². The van der Waals surface area contributed by atoms with Crippen LogP contribution in [0.4, 0.5) is 11.5 Å². The Labute approximate surface area is 141 Å². The summed E-state index contributed by atoms with van der Waals surface area (Å²) in [6.45, 7) is 5.71. The lowest BCUT2D eigenvalue weighted by Crippen LogP contribution is -2.47. The van der Waals surface area contributed by atoms with Gasteiger partial charge in [-0.05, 0) is 30.7 Å². The first-order valence-electron chi connectivity index (χ1n) is 7.90. The van der Waals surface area contributed by atoms with Gasteiger partial charge in [0, 0.05) is 48.3 Å². The van der Waals surface area contributed by atoms with Gasteiger partial charge in [-0.3, -0.25) is 0 Å². The summed E-state index contributed by atoms with van der Waals surface area (Å²) in [5.74, 6) is 1.39. The number of nitrogens with two attached hydrogens (primary N) is 2. The van der Waals surface area contributed by atoms with Gasteiger partial charge in [0.25, 0.3) is 0 Å². The van der Waals surface area contributed by atoms with E-state index < -0.39 is 0 Å². The molecule has 0 aliphatic carbocycles. The molecule has 1 aromatic heterocycles. The first kappa shape index (κ1) is 15.7. The van der Waals surface area contributed by atoms with Crippen molar-refractivity contribution in [1.82, 2.24) is 9.88 Å². The number of aromatic nitrogens is 1. The minimum absolute atomic E-state index is 0.516. The number of nitrogens with zero attached hydrogens (tertiary/aromatic N) is 3. The second kappa shape index (κ2) is 6.54. The third kappa shape index (κ3) is 3.29. The zero-order valence-electron chi connectivity index (χ0n) is 13.3. The van der Waals surface area contributed by atoms with Crippen LogP contribution in [0.3, 0.4) is 0 Å². The predicted molar refractivity (Wildman–Crippen MR) is 97.5 cm³/mol. The lowest BCUT2D eigenvalue weighted by atomic mass is 10.1. The fraction of sp³-hybridized carbons (Fsp3) is 0.353. The normalized spacial score (nSPS) is 16.2. The Morgan fingerprint density at radius 1 is 1.26 bits per heavy atom. The molecule has 2 heterocycles. The number of piperazine rings is 1. The number of hydrogen-bond donors (Lipinski definition) is 2. The third-order valence-corrected chi connectivity index (χ3v) is 4.40. The summed E-state index contributed by atoms with van der Waals surface area (Å²) in [5, 5.41) is 1.75. The van der Waals surface area contributed by atoms with Crippen molar-refractivity contribution in [2.24, 2.45) is 5.73 Å². The lowest BCUT2D eigenvalue weighted by Gasteiger charge is -2.37. The van der Waals surface area contributed by atoms with Crippen LogP contribution in [0, 0.1) is 0 Å². The van der Waals surface area contributed by atoms with Gasteiger partial charge in [0.15, 0.2) is 0 Å². The van der Waals surface area contributed by atoms with E-state index in [1.165, 1.54) is 0 Å². The summed E-state index contributed by atoms with van der Waals surface area (Å²) in [6, 6.07) is 7.70. The Kier molecular flexibility index (Phi) is 4.48. The maximum atomic E-state index is 6.10. The summed E-state index contributed by atoms with van der Waals surface area (Å²) < 4.78 is 0. The second-order valence-electron chi connectivity index (χ2n) is 5.74. The molecule has 0 bridgehead atoms. The van der Waals surface area contributed by atoms with Crippen LogP contribution in [0.15, 0.2) is 36.2 Å². The van der Waals surface area contributed by atoms with E-state index in [1.54, 1.807) is 0 Å². The van der Waals surface area contributed by atoms with Crippen molar-refractivity contribution in [1.29, 1.82) is 0 Å². The van der Waals surface area contributed by atoms with Crippen molar-refractivity contribution in [3.63, 3.8) is 0 Å². The van der Waals surface area contributed by atoms with Crippen LogP contribution in [-0.4, -0.2) is 36.1 Å². The van der Waals surface area contributed by atoms with E-state index in [0.29, 0.717) is 10.8 Å². The average molecular weight is 332 g/mol. The number of hydrogen-bond acceptors (Lipinski definition) is 5. The lowest BCUT2D eigenvalue weighted by molar-refractivity contribution is 0.317. The zero-order chi connectivity index (χ0) is 16.4. The van der Waals surface area contributed by atoms with Crippen LogP contribution < -0.4 is 16.4 Å². The highest BCUT2D eigenvalue weighted by molar-refractivity contribution is 6.31. The molecule has 1 aliphatic heterocycles. The van der Waals surface area contributed by atoms with Gasteiger partial charge in [0.2, 0.25) is 0 Å². The van der Waals surface area contributed by atoms with Crippen LogP contribution in [0.2, 0.25) is 5.02 Å². The van der Waals surface area contributed by atoms with Crippen molar-refractivity contribution in [3.05, 3.63) is 41.2 Å². The molecular weight excluding hydrogens is 310 g/mol. The van der Waals surface area contributed by atoms with E-state index in [-0.39, 0.29) is 0 Å². The molecule has 0 atom stereocenters. The predicted octanol–water partition coefficient (Wildman–Crippen LogP) is 2.80.